The van der Waals surface area contributed by atoms with E-state index in [-0.39, 0.29) is 16.6 Å². The molecule has 3 nitrogen and oxygen atoms in total. The summed E-state index contributed by atoms with van der Waals surface area (Å²) in [4.78, 5) is 12.3. The number of piperidine rings is 1. The third-order valence-corrected chi connectivity index (χ3v) is 3.98. The Bertz CT molecular complexity index is 540. The maximum absolute atomic E-state index is 12.6. The predicted molar refractivity (Wildman–Crippen MR) is 75.3 cm³/mol. The number of rotatable bonds is 2. The lowest BCUT2D eigenvalue weighted by molar-refractivity contribution is -0.137. The predicted octanol–water partition coefficient (Wildman–Crippen LogP) is 3.83. The van der Waals surface area contributed by atoms with E-state index < -0.39 is 17.3 Å². The van der Waals surface area contributed by atoms with E-state index in [4.69, 9.17) is 11.6 Å². The summed E-state index contributed by atoms with van der Waals surface area (Å²) in [5, 5.41) is 5.61. The van der Waals surface area contributed by atoms with Gasteiger partial charge in [-0.25, -0.2) is 0 Å². The van der Waals surface area contributed by atoms with Crippen LogP contribution in [-0.4, -0.2) is 18.0 Å². The summed E-state index contributed by atoms with van der Waals surface area (Å²) >= 11 is 5.83. The van der Waals surface area contributed by atoms with Crippen LogP contribution in [-0.2, 0) is 11.0 Å². The van der Waals surface area contributed by atoms with Crippen LogP contribution >= 0.6 is 11.6 Å². The van der Waals surface area contributed by atoms with Crippen molar-refractivity contribution in [3.05, 3.63) is 28.8 Å². The van der Waals surface area contributed by atoms with Crippen molar-refractivity contribution in [2.45, 2.75) is 37.9 Å². The Balaban J connectivity index is 2.14. The number of alkyl halides is 3. The van der Waals surface area contributed by atoms with Crippen molar-refractivity contribution in [3.8, 4) is 0 Å². The molecule has 116 valence electrons. The van der Waals surface area contributed by atoms with Crippen molar-refractivity contribution in [2.75, 3.05) is 11.9 Å². The van der Waals surface area contributed by atoms with E-state index in [1.54, 1.807) is 6.92 Å². The number of nitrogens with one attached hydrogen (secondary N) is 2. The van der Waals surface area contributed by atoms with Crippen molar-refractivity contribution in [1.82, 2.24) is 5.32 Å². The topological polar surface area (TPSA) is 41.1 Å². The molecule has 2 N–H and O–H groups in total. The molecule has 0 spiro atoms. The number of hydrogen-bond donors (Lipinski definition) is 2. The molecule has 1 saturated heterocycles. The van der Waals surface area contributed by atoms with Gasteiger partial charge in [-0.05, 0) is 50.9 Å². The van der Waals surface area contributed by atoms with Crippen LogP contribution in [0.2, 0.25) is 5.02 Å². The third kappa shape index (κ3) is 3.68. The molecule has 1 fully saturated rings. The zero-order chi connectivity index (χ0) is 15.7. The van der Waals surface area contributed by atoms with Crippen molar-refractivity contribution in [3.63, 3.8) is 0 Å². The summed E-state index contributed by atoms with van der Waals surface area (Å²) in [6, 6.07) is 2.89. The lowest BCUT2D eigenvalue weighted by atomic mass is 9.90. The fourth-order valence-electron chi connectivity index (χ4n) is 2.30. The van der Waals surface area contributed by atoms with Crippen molar-refractivity contribution < 1.29 is 18.0 Å². The molecule has 7 heteroatoms. The maximum Gasteiger partial charge on any atom is 0.416 e. The molecular weight excluding hydrogens is 305 g/mol. The number of carbonyl (C=O) groups excluding carboxylic acids is 1. The van der Waals surface area contributed by atoms with E-state index in [9.17, 15) is 18.0 Å². The first-order valence-electron chi connectivity index (χ1n) is 6.66. The zero-order valence-electron chi connectivity index (χ0n) is 11.5. The van der Waals surface area contributed by atoms with E-state index >= 15 is 0 Å². The number of hydrogen-bond acceptors (Lipinski definition) is 2. The van der Waals surface area contributed by atoms with Gasteiger partial charge < -0.3 is 10.6 Å². The molecule has 21 heavy (non-hydrogen) atoms. The Morgan fingerprint density at radius 2 is 2.10 bits per heavy atom. The normalized spacial score (nSPS) is 22.9. The van der Waals surface area contributed by atoms with Crippen LogP contribution in [0.1, 0.15) is 31.7 Å². The van der Waals surface area contributed by atoms with Gasteiger partial charge in [-0.1, -0.05) is 11.6 Å². The van der Waals surface area contributed by atoms with Crippen LogP contribution in [0.25, 0.3) is 0 Å². The monoisotopic (exact) mass is 320 g/mol. The second-order valence-electron chi connectivity index (χ2n) is 5.36. The molecule has 0 bridgehead atoms. The molecule has 1 aliphatic heterocycles. The molecule has 0 saturated carbocycles. The minimum absolute atomic E-state index is 0.127. The smallest absolute Gasteiger partial charge is 0.323 e. The largest absolute Gasteiger partial charge is 0.416 e. The summed E-state index contributed by atoms with van der Waals surface area (Å²) in [6.07, 6.45) is -1.85. The summed E-state index contributed by atoms with van der Waals surface area (Å²) in [5.74, 6) is -0.288. The molecule has 0 radical (unpaired) electrons. The highest BCUT2D eigenvalue weighted by molar-refractivity contribution is 6.33. The first-order chi connectivity index (χ1) is 9.72. The molecule has 1 unspecified atom stereocenters. The van der Waals surface area contributed by atoms with Crippen LogP contribution in [0.15, 0.2) is 18.2 Å². The molecular formula is C14H16ClF3N2O. The van der Waals surface area contributed by atoms with Gasteiger partial charge in [-0.3, -0.25) is 4.79 Å². The Hall–Kier alpha value is -1.27. The highest BCUT2D eigenvalue weighted by Gasteiger charge is 2.35. The first-order valence-corrected chi connectivity index (χ1v) is 7.03. The molecule has 1 aromatic carbocycles. The molecule has 0 aromatic heterocycles. The van der Waals surface area contributed by atoms with Crippen LogP contribution in [0, 0.1) is 0 Å². The van der Waals surface area contributed by atoms with Gasteiger partial charge in [0.05, 0.1) is 21.8 Å². The fraction of sp³-hybridized carbons (Fsp3) is 0.500. The first kappa shape index (κ1) is 16.1. The Morgan fingerprint density at radius 1 is 1.38 bits per heavy atom. The lowest BCUT2D eigenvalue weighted by Gasteiger charge is -2.33. The maximum atomic E-state index is 12.6. The number of carbonyl (C=O) groups is 1. The minimum atomic E-state index is -4.46. The lowest BCUT2D eigenvalue weighted by Crippen LogP contribution is -2.54. The van der Waals surface area contributed by atoms with Gasteiger partial charge in [0.2, 0.25) is 5.91 Å². The zero-order valence-corrected chi connectivity index (χ0v) is 12.2. The summed E-state index contributed by atoms with van der Waals surface area (Å²) in [7, 11) is 0. The van der Waals surface area contributed by atoms with Gasteiger partial charge in [-0.15, -0.1) is 0 Å². The van der Waals surface area contributed by atoms with Crippen LogP contribution < -0.4 is 10.6 Å². The van der Waals surface area contributed by atoms with Crippen LogP contribution in [0.4, 0.5) is 18.9 Å². The van der Waals surface area contributed by atoms with Gasteiger partial charge in [0.25, 0.3) is 0 Å². The standard InChI is InChI=1S/C14H16ClF3N2O/c1-13(6-2-3-7-19-13)12(21)20-11-5-4-9(8-10(11)15)14(16,17)18/h4-5,8,19H,2-3,6-7H2,1H3,(H,20,21). The highest BCUT2D eigenvalue weighted by Crippen LogP contribution is 2.34. The minimum Gasteiger partial charge on any atom is -0.323 e. The molecule has 1 atom stereocenters. The Labute approximate surface area is 125 Å². The van der Waals surface area contributed by atoms with Gasteiger partial charge in [-0.2, -0.15) is 13.2 Å². The number of halogens is 4. The van der Waals surface area contributed by atoms with Crippen molar-refractivity contribution in [2.24, 2.45) is 0 Å². The summed E-state index contributed by atoms with van der Waals surface area (Å²) < 4.78 is 37.7. The van der Waals surface area contributed by atoms with E-state index in [1.807, 2.05) is 0 Å². The van der Waals surface area contributed by atoms with Crippen LogP contribution in [0.3, 0.4) is 0 Å². The van der Waals surface area contributed by atoms with Gasteiger partial charge in [0.15, 0.2) is 0 Å². The number of amides is 1. The molecule has 1 heterocycles. The van der Waals surface area contributed by atoms with Gasteiger partial charge >= 0.3 is 6.18 Å². The second-order valence-corrected chi connectivity index (χ2v) is 5.77. The van der Waals surface area contributed by atoms with E-state index in [0.717, 1.165) is 31.5 Å². The average molecular weight is 321 g/mol. The molecule has 1 aromatic rings. The third-order valence-electron chi connectivity index (χ3n) is 3.66. The second kappa shape index (κ2) is 5.85. The molecule has 2 rings (SSSR count). The Morgan fingerprint density at radius 3 is 2.62 bits per heavy atom. The van der Waals surface area contributed by atoms with E-state index in [1.165, 1.54) is 6.07 Å². The molecule has 0 aliphatic carbocycles. The summed E-state index contributed by atoms with van der Waals surface area (Å²) in [6.45, 7) is 2.52. The van der Waals surface area contributed by atoms with Gasteiger partial charge in [0, 0.05) is 0 Å². The number of benzene rings is 1. The van der Waals surface area contributed by atoms with Crippen molar-refractivity contribution in [1.29, 1.82) is 0 Å². The van der Waals surface area contributed by atoms with E-state index in [0.29, 0.717) is 6.42 Å². The average Bonchev–Trinajstić information content (AvgIpc) is 2.40. The van der Waals surface area contributed by atoms with Gasteiger partial charge in [0.1, 0.15) is 0 Å². The Kier molecular flexibility index (Phi) is 4.49. The summed E-state index contributed by atoms with van der Waals surface area (Å²) in [5.41, 5.74) is -1.37. The molecule has 1 amide bonds. The number of anilines is 1. The highest BCUT2D eigenvalue weighted by atomic mass is 35.5. The molecule has 1 aliphatic rings. The van der Waals surface area contributed by atoms with Crippen molar-refractivity contribution >= 4 is 23.2 Å². The van der Waals surface area contributed by atoms with E-state index in [2.05, 4.69) is 10.6 Å². The quantitative estimate of drug-likeness (QED) is 0.869. The fourth-order valence-corrected chi connectivity index (χ4v) is 2.53. The SMILES string of the molecule is CC1(C(=O)Nc2ccc(C(F)(F)F)cc2Cl)CCCCN1. The van der Waals surface area contributed by atoms with Crippen LogP contribution in [0.5, 0.6) is 0 Å².